The Hall–Kier alpha value is -2.61. The highest BCUT2D eigenvalue weighted by atomic mass is 31.2. The van der Waals surface area contributed by atoms with Gasteiger partial charge in [-0.2, -0.15) is 0 Å². The molecule has 0 saturated heterocycles. The fourth-order valence-corrected chi connectivity index (χ4v) is 4.54. The van der Waals surface area contributed by atoms with E-state index in [2.05, 4.69) is 79.2 Å². The van der Waals surface area contributed by atoms with Crippen molar-refractivity contribution in [2.24, 2.45) is 0 Å². The summed E-state index contributed by atoms with van der Waals surface area (Å²) in [4.78, 5) is 0. The van der Waals surface area contributed by atoms with Gasteiger partial charge in [0.2, 0.25) is 0 Å². The first-order valence-corrected chi connectivity index (χ1v) is 10.8. The molecule has 0 fully saturated rings. The van der Waals surface area contributed by atoms with E-state index in [-0.39, 0.29) is 0 Å². The molecule has 4 rings (SSSR count). The summed E-state index contributed by atoms with van der Waals surface area (Å²) in [5.41, 5.74) is 0. The second-order valence-electron chi connectivity index (χ2n) is 6.58. The first kappa shape index (κ1) is 18.7. The Kier molecular flexibility index (Phi) is 5.76. The van der Waals surface area contributed by atoms with Gasteiger partial charge in [0.05, 0.1) is 0 Å². The highest BCUT2D eigenvalue weighted by molar-refractivity contribution is 7.45. The number of benzene rings is 4. The Labute approximate surface area is 167 Å². The summed E-state index contributed by atoms with van der Waals surface area (Å²) in [6.45, 7) is 5.99. The molecule has 3 nitrogen and oxygen atoms in total. The largest absolute Gasteiger partial charge is 0.427 e. The minimum Gasteiger partial charge on any atom is -0.427 e. The maximum atomic E-state index is 6.35. The summed E-state index contributed by atoms with van der Waals surface area (Å²) in [6, 6.07) is 29.0. The Morgan fingerprint density at radius 3 is 1.46 bits per heavy atom. The van der Waals surface area contributed by atoms with E-state index in [4.69, 9.17) is 9.05 Å². The number of hydrogen-bond donors (Lipinski definition) is 0. The average molecular weight is 389 g/mol. The van der Waals surface area contributed by atoms with Crippen molar-refractivity contribution in [2.75, 3.05) is 13.1 Å². The second kappa shape index (κ2) is 8.60. The summed E-state index contributed by atoms with van der Waals surface area (Å²) in [5.74, 6) is 1.66. The molecule has 0 aliphatic heterocycles. The molecule has 0 saturated carbocycles. The maximum absolute atomic E-state index is 6.35. The van der Waals surface area contributed by atoms with Crippen LogP contribution in [0.5, 0.6) is 11.5 Å². The summed E-state index contributed by atoms with van der Waals surface area (Å²) in [5, 5.41) is 4.75. The molecule has 0 radical (unpaired) electrons. The molecule has 0 atom stereocenters. The molecule has 0 amide bonds. The standard InChI is InChI=1S/C24H24NO2P/c1-3-25(4-2)28(26-23-15-13-19-9-5-7-11-21(19)17-23)27-24-16-14-20-10-6-8-12-22(20)18-24/h5-18H,3-4H2,1-2H3. The van der Waals surface area contributed by atoms with E-state index in [1.165, 1.54) is 21.5 Å². The topological polar surface area (TPSA) is 21.7 Å². The lowest BCUT2D eigenvalue weighted by atomic mass is 10.1. The van der Waals surface area contributed by atoms with Crippen LogP contribution in [0, 0.1) is 0 Å². The lowest BCUT2D eigenvalue weighted by molar-refractivity contribution is 0.372. The molecule has 0 aromatic heterocycles. The minimum atomic E-state index is -1.25. The summed E-state index contributed by atoms with van der Waals surface area (Å²) in [7, 11) is -1.25. The van der Waals surface area contributed by atoms with E-state index in [1.807, 2.05) is 24.3 Å². The highest BCUT2D eigenvalue weighted by Gasteiger charge is 2.23. The highest BCUT2D eigenvalue weighted by Crippen LogP contribution is 2.44. The zero-order chi connectivity index (χ0) is 19.3. The average Bonchev–Trinajstić information content (AvgIpc) is 2.74. The minimum absolute atomic E-state index is 0.831. The van der Waals surface area contributed by atoms with Gasteiger partial charge in [0.25, 0.3) is 0 Å². The van der Waals surface area contributed by atoms with Crippen LogP contribution in [-0.4, -0.2) is 17.8 Å². The molecule has 4 aromatic carbocycles. The van der Waals surface area contributed by atoms with E-state index >= 15 is 0 Å². The molecule has 0 aliphatic rings. The molecule has 4 aromatic rings. The van der Waals surface area contributed by atoms with Crippen molar-refractivity contribution in [1.29, 1.82) is 0 Å². The van der Waals surface area contributed by atoms with Crippen molar-refractivity contribution in [3.63, 3.8) is 0 Å². The maximum Gasteiger partial charge on any atom is 0.384 e. The smallest absolute Gasteiger partial charge is 0.384 e. The van der Waals surface area contributed by atoms with Gasteiger partial charge in [0.1, 0.15) is 11.5 Å². The predicted molar refractivity (Wildman–Crippen MR) is 119 cm³/mol. The van der Waals surface area contributed by atoms with E-state index in [9.17, 15) is 0 Å². The number of nitrogens with zero attached hydrogens (tertiary/aromatic N) is 1. The van der Waals surface area contributed by atoms with Gasteiger partial charge in [0.15, 0.2) is 0 Å². The van der Waals surface area contributed by atoms with Crippen molar-refractivity contribution in [3.05, 3.63) is 84.9 Å². The van der Waals surface area contributed by atoms with Crippen molar-refractivity contribution in [1.82, 2.24) is 4.67 Å². The summed E-state index contributed by atoms with van der Waals surface area (Å²) in [6.07, 6.45) is 0. The fraction of sp³-hybridized carbons (Fsp3) is 0.167. The third-order valence-electron chi connectivity index (χ3n) is 4.77. The second-order valence-corrected chi connectivity index (χ2v) is 7.98. The van der Waals surface area contributed by atoms with Crippen molar-refractivity contribution < 1.29 is 9.05 Å². The quantitative estimate of drug-likeness (QED) is 0.317. The number of rotatable bonds is 7. The SMILES string of the molecule is CCN(CC)P(Oc1ccc2ccccc2c1)Oc1ccc2ccccc2c1. The van der Waals surface area contributed by atoms with Crippen LogP contribution < -0.4 is 9.05 Å². The fourth-order valence-electron chi connectivity index (χ4n) is 3.22. The van der Waals surface area contributed by atoms with Crippen molar-refractivity contribution in [2.45, 2.75) is 13.8 Å². The Bertz CT molecular complexity index is 997. The van der Waals surface area contributed by atoms with Crippen LogP contribution in [-0.2, 0) is 0 Å². The lowest BCUT2D eigenvalue weighted by Gasteiger charge is -2.27. The number of hydrogen-bond acceptors (Lipinski definition) is 3. The lowest BCUT2D eigenvalue weighted by Crippen LogP contribution is -2.22. The van der Waals surface area contributed by atoms with E-state index < -0.39 is 8.53 Å². The van der Waals surface area contributed by atoms with E-state index in [0.29, 0.717) is 0 Å². The van der Waals surface area contributed by atoms with Crippen LogP contribution in [0.15, 0.2) is 84.9 Å². The predicted octanol–water partition coefficient (Wildman–Crippen LogP) is 7.02. The Morgan fingerprint density at radius 2 is 1.04 bits per heavy atom. The molecule has 0 bridgehead atoms. The zero-order valence-electron chi connectivity index (χ0n) is 16.2. The number of fused-ring (bicyclic) bond motifs is 2. The Balaban J connectivity index is 1.61. The molecule has 0 spiro atoms. The van der Waals surface area contributed by atoms with Crippen molar-refractivity contribution in [3.8, 4) is 11.5 Å². The molecule has 0 aliphatic carbocycles. The van der Waals surface area contributed by atoms with Gasteiger partial charge in [-0.15, -0.1) is 0 Å². The monoisotopic (exact) mass is 389 g/mol. The van der Waals surface area contributed by atoms with Gasteiger partial charge in [-0.3, -0.25) is 0 Å². The van der Waals surface area contributed by atoms with Crippen LogP contribution in [0.1, 0.15) is 13.8 Å². The van der Waals surface area contributed by atoms with Gasteiger partial charge in [0, 0.05) is 13.1 Å². The zero-order valence-corrected chi connectivity index (χ0v) is 17.1. The van der Waals surface area contributed by atoms with Gasteiger partial charge in [-0.05, 0) is 45.8 Å². The Morgan fingerprint density at radius 1 is 0.607 bits per heavy atom. The molecule has 0 unspecified atom stereocenters. The third kappa shape index (κ3) is 4.11. The van der Waals surface area contributed by atoms with Gasteiger partial charge >= 0.3 is 8.53 Å². The summed E-state index contributed by atoms with van der Waals surface area (Å²) < 4.78 is 14.9. The van der Waals surface area contributed by atoms with Crippen molar-refractivity contribution >= 4 is 30.1 Å². The molecular weight excluding hydrogens is 365 g/mol. The van der Waals surface area contributed by atoms with Crippen LogP contribution in [0.3, 0.4) is 0 Å². The molecule has 4 heteroatoms. The van der Waals surface area contributed by atoms with Crippen LogP contribution in [0.4, 0.5) is 0 Å². The first-order chi connectivity index (χ1) is 13.8. The normalized spacial score (nSPS) is 11.4. The van der Waals surface area contributed by atoms with Gasteiger partial charge in [-0.25, -0.2) is 4.67 Å². The molecule has 28 heavy (non-hydrogen) atoms. The van der Waals surface area contributed by atoms with Crippen LogP contribution in [0.25, 0.3) is 21.5 Å². The van der Waals surface area contributed by atoms with Gasteiger partial charge in [-0.1, -0.05) is 74.5 Å². The third-order valence-corrected chi connectivity index (χ3v) is 6.53. The molecule has 0 N–H and O–H groups in total. The molecular formula is C24H24NO2P. The van der Waals surface area contributed by atoms with Crippen LogP contribution in [0.2, 0.25) is 0 Å². The summed E-state index contributed by atoms with van der Waals surface area (Å²) >= 11 is 0. The molecule has 142 valence electrons. The van der Waals surface area contributed by atoms with Crippen LogP contribution >= 0.6 is 8.53 Å². The first-order valence-electron chi connectivity index (χ1n) is 9.65. The van der Waals surface area contributed by atoms with E-state index in [0.717, 1.165) is 24.6 Å². The van der Waals surface area contributed by atoms with E-state index in [1.54, 1.807) is 0 Å². The van der Waals surface area contributed by atoms with Gasteiger partial charge < -0.3 is 9.05 Å². The molecule has 0 heterocycles.